The predicted octanol–water partition coefficient (Wildman–Crippen LogP) is 3.38. The number of nitrogens with one attached hydrogen (secondary N) is 1. The summed E-state index contributed by atoms with van der Waals surface area (Å²) in [5.74, 6) is 1.55. The molecule has 3 rings (SSSR count). The fraction of sp³-hybridized carbons (Fsp3) is 0.444. The van der Waals surface area contributed by atoms with Crippen molar-refractivity contribution in [3.8, 4) is 11.5 Å². The first-order valence-electron chi connectivity index (χ1n) is 8.35. The number of rotatable bonds is 5. The van der Waals surface area contributed by atoms with Crippen LogP contribution in [0.1, 0.15) is 38.4 Å². The summed E-state index contributed by atoms with van der Waals surface area (Å²) in [5, 5.41) is 7.72. The molecule has 134 valence electrons. The van der Waals surface area contributed by atoms with Gasteiger partial charge < -0.3 is 14.8 Å². The van der Waals surface area contributed by atoms with Gasteiger partial charge >= 0.3 is 0 Å². The number of nitrogens with zero attached hydrogens (tertiary/aromatic N) is 2. The Kier molecular flexibility index (Phi) is 5.18. The third-order valence-corrected chi connectivity index (χ3v) is 4.43. The van der Waals surface area contributed by atoms with Gasteiger partial charge in [0, 0.05) is 6.20 Å². The Morgan fingerprint density at radius 3 is 2.60 bits per heavy atom. The van der Waals surface area contributed by atoms with Gasteiger partial charge in [-0.05, 0) is 30.5 Å². The minimum atomic E-state index is -0.453. The highest BCUT2D eigenvalue weighted by Crippen LogP contribution is 2.34. The van der Waals surface area contributed by atoms with E-state index in [0.29, 0.717) is 18.2 Å². The van der Waals surface area contributed by atoms with Crippen molar-refractivity contribution in [3.05, 3.63) is 41.2 Å². The van der Waals surface area contributed by atoms with E-state index in [4.69, 9.17) is 21.1 Å². The molecule has 25 heavy (non-hydrogen) atoms. The molecule has 0 saturated carbocycles. The van der Waals surface area contributed by atoms with Crippen molar-refractivity contribution < 1.29 is 14.3 Å². The number of ether oxygens (including phenoxy) is 2. The maximum atomic E-state index is 12.7. The van der Waals surface area contributed by atoms with Crippen LogP contribution in [0.3, 0.4) is 0 Å². The van der Waals surface area contributed by atoms with Crippen LogP contribution in [-0.4, -0.2) is 28.9 Å². The molecule has 1 amide bonds. The Morgan fingerprint density at radius 1 is 1.24 bits per heavy atom. The molecule has 1 N–H and O–H groups in total. The van der Waals surface area contributed by atoms with Gasteiger partial charge in [0.1, 0.15) is 19.3 Å². The Bertz CT molecular complexity index is 760. The van der Waals surface area contributed by atoms with E-state index >= 15 is 0 Å². The van der Waals surface area contributed by atoms with Gasteiger partial charge in [-0.25, -0.2) is 0 Å². The van der Waals surface area contributed by atoms with Crippen LogP contribution >= 0.6 is 11.6 Å². The maximum absolute atomic E-state index is 12.7. The molecule has 2 atom stereocenters. The largest absolute Gasteiger partial charge is 0.486 e. The van der Waals surface area contributed by atoms with Crippen LogP contribution < -0.4 is 14.8 Å². The Balaban J connectivity index is 1.78. The highest BCUT2D eigenvalue weighted by atomic mass is 35.5. The number of fused-ring (bicyclic) bond motifs is 1. The summed E-state index contributed by atoms with van der Waals surface area (Å²) in [6, 6.07) is 5.20. The van der Waals surface area contributed by atoms with E-state index in [0.717, 1.165) is 17.1 Å². The van der Waals surface area contributed by atoms with Gasteiger partial charge in [0.2, 0.25) is 5.91 Å². The van der Waals surface area contributed by atoms with E-state index in [1.807, 2.05) is 18.2 Å². The number of benzene rings is 1. The first-order valence-corrected chi connectivity index (χ1v) is 8.73. The van der Waals surface area contributed by atoms with Crippen molar-refractivity contribution in [2.45, 2.75) is 32.9 Å². The smallest absolute Gasteiger partial charge is 0.245 e. The van der Waals surface area contributed by atoms with E-state index in [1.165, 1.54) is 6.20 Å². The van der Waals surface area contributed by atoms with Crippen molar-refractivity contribution in [2.24, 2.45) is 5.92 Å². The lowest BCUT2D eigenvalue weighted by Gasteiger charge is -2.26. The number of hydrogen-bond acceptors (Lipinski definition) is 4. The number of carbonyl (C=O) groups is 1. The van der Waals surface area contributed by atoms with Crippen molar-refractivity contribution in [1.29, 1.82) is 0 Å². The summed E-state index contributed by atoms with van der Waals surface area (Å²) in [4.78, 5) is 12.7. The Hall–Kier alpha value is -2.21. The van der Waals surface area contributed by atoms with Gasteiger partial charge in [-0.1, -0.05) is 31.5 Å². The predicted molar refractivity (Wildman–Crippen MR) is 95.1 cm³/mol. The average molecular weight is 364 g/mol. The second kappa shape index (κ2) is 7.35. The molecule has 0 bridgehead atoms. The molecule has 0 aliphatic carbocycles. The molecular weight excluding hydrogens is 342 g/mol. The molecule has 0 radical (unpaired) electrons. The molecule has 7 heteroatoms. The first kappa shape index (κ1) is 17.6. The lowest BCUT2D eigenvalue weighted by Crippen LogP contribution is -2.36. The number of halogens is 1. The molecule has 1 aliphatic rings. The summed E-state index contributed by atoms with van der Waals surface area (Å²) in [6.07, 6.45) is 3.16. The zero-order valence-corrected chi connectivity index (χ0v) is 15.3. The molecule has 0 spiro atoms. The second-order valence-electron chi connectivity index (χ2n) is 6.45. The first-order chi connectivity index (χ1) is 12.0. The number of aromatic nitrogens is 2. The third-order valence-electron chi connectivity index (χ3n) is 4.24. The molecule has 0 fully saturated rings. The van der Waals surface area contributed by atoms with E-state index in [2.05, 4.69) is 24.3 Å². The second-order valence-corrected chi connectivity index (χ2v) is 6.88. The third kappa shape index (κ3) is 3.90. The molecule has 2 heterocycles. The monoisotopic (exact) mass is 363 g/mol. The van der Waals surface area contributed by atoms with Crippen LogP contribution in [0.15, 0.2) is 30.6 Å². The minimum Gasteiger partial charge on any atom is -0.486 e. The van der Waals surface area contributed by atoms with Gasteiger partial charge in [-0.3, -0.25) is 9.48 Å². The Labute approximate surface area is 152 Å². The van der Waals surface area contributed by atoms with E-state index in [1.54, 1.807) is 17.8 Å². The zero-order valence-electron chi connectivity index (χ0n) is 14.5. The highest BCUT2D eigenvalue weighted by Gasteiger charge is 2.24. The molecule has 2 unspecified atom stereocenters. The molecule has 2 aromatic rings. The molecule has 1 aromatic carbocycles. The molecular formula is C18H22ClN3O3. The van der Waals surface area contributed by atoms with Gasteiger partial charge in [0.05, 0.1) is 17.3 Å². The standard InChI is InChI=1S/C18H22ClN3O3/c1-11(2)17(13-4-5-15-16(8-13)25-7-6-24-15)21-18(23)12(3)22-10-14(19)9-20-22/h4-5,8-12,17H,6-7H2,1-3H3,(H,21,23). The van der Waals surface area contributed by atoms with Crippen molar-refractivity contribution in [1.82, 2.24) is 15.1 Å². The van der Waals surface area contributed by atoms with Gasteiger partial charge in [-0.2, -0.15) is 5.10 Å². The molecule has 6 nitrogen and oxygen atoms in total. The lowest BCUT2D eigenvalue weighted by molar-refractivity contribution is -0.125. The van der Waals surface area contributed by atoms with Crippen molar-refractivity contribution in [3.63, 3.8) is 0 Å². The maximum Gasteiger partial charge on any atom is 0.245 e. The topological polar surface area (TPSA) is 65.4 Å². The van der Waals surface area contributed by atoms with Crippen LogP contribution in [0.5, 0.6) is 11.5 Å². The molecule has 1 aromatic heterocycles. The van der Waals surface area contributed by atoms with Crippen LogP contribution in [-0.2, 0) is 4.79 Å². The van der Waals surface area contributed by atoms with Gasteiger partial charge in [-0.15, -0.1) is 0 Å². The summed E-state index contributed by atoms with van der Waals surface area (Å²) in [5.41, 5.74) is 0.985. The van der Waals surface area contributed by atoms with E-state index in [-0.39, 0.29) is 17.9 Å². The minimum absolute atomic E-state index is 0.117. The SMILES string of the molecule is CC(C)C(NC(=O)C(C)n1cc(Cl)cn1)c1ccc2c(c1)OCCO2. The molecule has 1 aliphatic heterocycles. The Morgan fingerprint density at radius 2 is 1.96 bits per heavy atom. The van der Waals surface area contributed by atoms with Crippen molar-refractivity contribution >= 4 is 17.5 Å². The van der Waals surface area contributed by atoms with Crippen LogP contribution in [0, 0.1) is 5.92 Å². The normalized spacial score (nSPS) is 15.7. The number of carbonyl (C=O) groups excluding carboxylic acids is 1. The summed E-state index contributed by atoms with van der Waals surface area (Å²) >= 11 is 5.89. The average Bonchev–Trinajstić information content (AvgIpc) is 3.04. The summed E-state index contributed by atoms with van der Waals surface area (Å²) in [6.45, 7) is 7.02. The number of amides is 1. The summed E-state index contributed by atoms with van der Waals surface area (Å²) < 4.78 is 12.8. The summed E-state index contributed by atoms with van der Waals surface area (Å²) in [7, 11) is 0. The quantitative estimate of drug-likeness (QED) is 0.884. The fourth-order valence-electron chi connectivity index (χ4n) is 2.81. The highest BCUT2D eigenvalue weighted by molar-refractivity contribution is 6.30. The van der Waals surface area contributed by atoms with Crippen LogP contribution in [0.4, 0.5) is 0 Å². The van der Waals surface area contributed by atoms with E-state index < -0.39 is 6.04 Å². The fourth-order valence-corrected chi connectivity index (χ4v) is 2.95. The van der Waals surface area contributed by atoms with Crippen LogP contribution in [0.25, 0.3) is 0 Å². The number of hydrogen-bond donors (Lipinski definition) is 1. The molecule has 0 saturated heterocycles. The van der Waals surface area contributed by atoms with Crippen molar-refractivity contribution in [2.75, 3.05) is 13.2 Å². The lowest BCUT2D eigenvalue weighted by atomic mass is 9.95. The van der Waals surface area contributed by atoms with Crippen LogP contribution in [0.2, 0.25) is 5.02 Å². The van der Waals surface area contributed by atoms with Gasteiger partial charge in [0.25, 0.3) is 0 Å². The van der Waals surface area contributed by atoms with Gasteiger partial charge in [0.15, 0.2) is 11.5 Å². The van der Waals surface area contributed by atoms with E-state index in [9.17, 15) is 4.79 Å². The zero-order chi connectivity index (χ0) is 18.0.